The summed E-state index contributed by atoms with van der Waals surface area (Å²) in [6.07, 6.45) is 1.56. The van der Waals surface area contributed by atoms with E-state index in [-0.39, 0.29) is 18.2 Å². The van der Waals surface area contributed by atoms with Crippen LogP contribution in [0.3, 0.4) is 0 Å². The molecule has 1 fully saturated rings. The molecule has 1 saturated heterocycles. The van der Waals surface area contributed by atoms with E-state index in [2.05, 4.69) is 16.0 Å². The Kier molecular flexibility index (Phi) is 11.1. The number of piperidine rings is 1. The molecule has 0 aliphatic carbocycles. The van der Waals surface area contributed by atoms with Crippen molar-refractivity contribution in [2.75, 3.05) is 20.3 Å². The number of esters is 1. The fourth-order valence-corrected chi connectivity index (χ4v) is 5.59. The number of nitrogens with one attached hydrogen (secondary N) is 3. The summed E-state index contributed by atoms with van der Waals surface area (Å²) in [5.41, 5.74) is -1.45. The predicted molar refractivity (Wildman–Crippen MR) is 157 cm³/mol. The van der Waals surface area contributed by atoms with Gasteiger partial charge in [0, 0.05) is 22.5 Å². The Morgan fingerprint density at radius 3 is 2.57 bits per heavy atom. The van der Waals surface area contributed by atoms with Crippen LogP contribution in [0.4, 0.5) is 0 Å². The lowest BCUT2D eigenvalue weighted by atomic mass is 9.89. The number of hydrogen-bond donors (Lipinski definition) is 3. The van der Waals surface area contributed by atoms with Crippen molar-refractivity contribution in [2.24, 2.45) is 17.3 Å². The van der Waals surface area contributed by atoms with E-state index in [1.165, 1.54) is 25.2 Å². The van der Waals surface area contributed by atoms with E-state index in [0.29, 0.717) is 30.0 Å². The molecule has 12 heteroatoms. The van der Waals surface area contributed by atoms with Gasteiger partial charge in [0.05, 0.1) is 24.1 Å². The molecule has 2 heterocycles. The highest BCUT2D eigenvalue weighted by atomic mass is 32.1. The van der Waals surface area contributed by atoms with Gasteiger partial charge in [0.25, 0.3) is 5.91 Å². The molecule has 42 heavy (non-hydrogen) atoms. The van der Waals surface area contributed by atoms with E-state index < -0.39 is 53.6 Å². The van der Waals surface area contributed by atoms with Crippen LogP contribution in [0.15, 0.2) is 24.3 Å². The van der Waals surface area contributed by atoms with Gasteiger partial charge in [0.1, 0.15) is 17.2 Å². The molecule has 2 aromatic rings. The lowest BCUT2D eigenvalue weighted by molar-refractivity contribution is -0.154. The number of rotatable bonds is 13. The van der Waals surface area contributed by atoms with Crippen LogP contribution in [0.1, 0.15) is 63.0 Å². The maximum atomic E-state index is 13.6. The Labute approximate surface area is 249 Å². The molecule has 3 rings (SSSR count). The molecule has 1 aromatic carbocycles. The lowest BCUT2D eigenvalue weighted by Crippen LogP contribution is -2.54. The first-order chi connectivity index (χ1) is 19.9. The summed E-state index contributed by atoms with van der Waals surface area (Å²) in [6.45, 7) is 6.42. The van der Waals surface area contributed by atoms with Gasteiger partial charge in [-0.2, -0.15) is 5.26 Å². The zero-order chi connectivity index (χ0) is 31.0. The van der Waals surface area contributed by atoms with Crippen LogP contribution in [-0.4, -0.2) is 61.8 Å². The number of nitrogens with zero attached hydrogens (tertiary/aromatic N) is 1. The molecule has 3 N–H and O–H groups in total. The lowest BCUT2D eigenvalue weighted by Gasteiger charge is -2.28. The zero-order valence-electron chi connectivity index (χ0n) is 24.6. The third-order valence-corrected chi connectivity index (χ3v) is 8.15. The third kappa shape index (κ3) is 8.28. The van der Waals surface area contributed by atoms with Gasteiger partial charge in [-0.05, 0) is 63.6 Å². The molecule has 0 spiro atoms. The minimum atomic E-state index is -1.45. The summed E-state index contributed by atoms with van der Waals surface area (Å²) in [5, 5.41) is 18.3. The van der Waals surface area contributed by atoms with Crippen molar-refractivity contribution < 1.29 is 33.4 Å². The van der Waals surface area contributed by atoms with E-state index >= 15 is 0 Å². The molecule has 3 atom stereocenters. The van der Waals surface area contributed by atoms with Crippen LogP contribution in [0.25, 0.3) is 10.1 Å². The number of methoxy groups -OCH3 is 1. The van der Waals surface area contributed by atoms with Crippen LogP contribution < -0.4 is 20.7 Å². The number of amides is 3. The van der Waals surface area contributed by atoms with E-state index in [9.17, 15) is 29.2 Å². The van der Waals surface area contributed by atoms with Gasteiger partial charge in [-0.3, -0.25) is 24.0 Å². The first kappa shape index (κ1) is 32.5. The Hall–Kier alpha value is -3.98. The third-order valence-electron chi connectivity index (χ3n) is 7.05. The second kappa shape index (κ2) is 14.3. The van der Waals surface area contributed by atoms with Crippen LogP contribution in [0.5, 0.6) is 5.75 Å². The van der Waals surface area contributed by atoms with Crippen molar-refractivity contribution in [3.63, 3.8) is 0 Å². The van der Waals surface area contributed by atoms with Gasteiger partial charge in [0.2, 0.25) is 11.8 Å². The van der Waals surface area contributed by atoms with Crippen LogP contribution in [0, 0.1) is 28.6 Å². The van der Waals surface area contributed by atoms with Crippen LogP contribution in [-0.2, 0) is 23.9 Å². The summed E-state index contributed by atoms with van der Waals surface area (Å²) in [5.74, 6) is -2.61. The Morgan fingerprint density at radius 1 is 1.19 bits per heavy atom. The number of ketones is 1. The monoisotopic (exact) mass is 598 g/mol. The average Bonchev–Trinajstić information content (AvgIpc) is 3.40. The van der Waals surface area contributed by atoms with Crippen LogP contribution >= 0.6 is 11.3 Å². The van der Waals surface area contributed by atoms with Crippen molar-refractivity contribution >= 4 is 50.9 Å². The normalized spacial score (nSPS) is 16.6. The minimum Gasteiger partial charge on any atom is -0.496 e. The molecule has 1 aromatic heterocycles. The number of benzene rings is 1. The Balaban J connectivity index is 1.79. The van der Waals surface area contributed by atoms with Gasteiger partial charge in [0.15, 0.2) is 12.4 Å². The highest BCUT2D eigenvalue weighted by Gasteiger charge is 2.35. The first-order valence-electron chi connectivity index (χ1n) is 13.9. The Bertz CT molecular complexity index is 1380. The second-order valence-electron chi connectivity index (χ2n) is 11.3. The number of carbonyl (C=O) groups is 5. The Morgan fingerprint density at radius 2 is 1.93 bits per heavy atom. The van der Waals surface area contributed by atoms with Gasteiger partial charge in [-0.15, -0.1) is 11.3 Å². The van der Waals surface area contributed by atoms with Crippen LogP contribution in [0.2, 0.25) is 0 Å². The molecule has 0 radical (unpaired) electrons. The molecular formula is C30H38N4O7S. The largest absolute Gasteiger partial charge is 0.496 e. The standard InChI is InChI=1S/C30H38N4O7S/c1-17(2)12-21(34-28(38)25-14-19-23(40-5)9-6-10-24(19)42-25)27(37)33-20(13-18-8-7-11-32-26(18)36)22(35)15-41-29(39)30(3,4)16-31/h6,9-10,14,17-18,20-21H,7-8,11-13,15H2,1-5H3,(H,32,36)(H,33,37)(H,34,38)/t18-,20-,21-/m0/s1. The SMILES string of the molecule is COc1cccc2sc(C(=O)N[C@@H](CC(C)C)C(=O)N[C@@H](C[C@@H]3CCCNC3=O)C(=O)COC(=O)C(C)(C)C#N)cc12. The minimum absolute atomic E-state index is 0.00799. The van der Waals surface area contributed by atoms with E-state index in [1.807, 2.05) is 32.0 Å². The molecule has 0 saturated carbocycles. The maximum Gasteiger partial charge on any atom is 0.326 e. The van der Waals surface area contributed by atoms with Gasteiger partial charge in [-0.25, -0.2) is 0 Å². The molecule has 0 bridgehead atoms. The molecule has 3 amide bonds. The summed E-state index contributed by atoms with van der Waals surface area (Å²) in [6, 6.07) is 6.92. The van der Waals surface area contributed by atoms with Gasteiger partial charge in [-0.1, -0.05) is 19.9 Å². The van der Waals surface area contributed by atoms with Crippen molar-refractivity contribution in [3.8, 4) is 11.8 Å². The fourth-order valence-electron chi connectivity index (χ4n) is 4.61. The topological polar surface area (TPSA) is 164 Å². The summed E-state index contributed by atoms with van der Waals surface area (Å²) < 4.78 is 11.3. The van der Waals surface area contributed by atoms with E-state index in [4.69, 9.17) is 9.47 Å². The highest BCUT2D eigenvalue weighted by molar-refractivity contribution is 7.20. The number of ether oxygens (including phenoxy) is 2. The molecule has 226 valence electrons. The number of thiophene rings is 1. The number of carbonyl (C=O) groups excluding carboxylic acids is 5. The highest BCUT2D eigenvalue weighted by Crippen LogP contribution is 2.32. The maximum absolute atomic E-state index is 13.6. The number of hydrogen-bond acceptors (Lipinski definition) is 9. The fraction of sp³-hybridized carbons (Fsp3) is 0.533. The van der Waals surface area contributed by atoms with Crippen molar-refractivity contribution in [3.05, 3.63) is 29.1 Å². The number of nitriles is 1. The van der Waals surface area contributed by atoms with E-state index in [0.717, 1.165) is 16.5 Å². The zero-order valence-corrected chi connectivity index (χ0v) is 25.4. The first-order valence-corrected chi connectivity index (χ1v) is 14.7. The molecule has 1 aliphatic heterocycles. The van der Waals surface area contributed by atoms with E-state index in [1.54, 1.807) is 19.2 Å². The summed E-state index contributed by atoms with van der Waals surface area (Å²) in [4.78, 5) is 65.2. The molecule has 0 unspecified atom stereocenters. The van der Waals surface area contributed by atoms with Gasteiger partial charge >= 0.3 is 5.97 Å². The average molecular weight is 599 g/mol. The molecular weight excluding hydrogens is 560 g/mol. The van der Waals surface area contributed by atoms with Crippen molar-refractivity contribution in [2.45, 2.75) is 65.5 Å². The smallest absolute Gasteiger partial charge is 0.326 e. The second-order valence-corrected chi connectivity index (χ2v) is 12.4. The van der Waals surface area contributed by atoms with Crippen molar-refractivity contribution in [1.29, 1.82) is 5.26 Å². The van der Waals surface area contributed by atoms with Gasteiger partial charge < -0.3 is 25.4 Å². The number of Topliss-reactive ketones (excluding diaryl/α,β-unsaturated/α-hetero) is 1. The summed E-state index contributed by atoms with van der Waals surface area (Å²) in [7, 11) is 1.55. The quantitative estimate of drug-likeness (QED) is 0.296. The molecule has 1 aliphatic rings. The molecule has 11 nitrogen and oxygen atoms in total. The van der Waals surface area contributed by atoms with Crippen molar-refractivity contribution in [1.82, 2.24) is 16.0 Å². The summed E-state index contributed by atoms with van der Waals surface area (Å²) >= 11 is 1.27. The number of fused-ring (bicyclic) bond motifs is 1. The predicted octanol–water partition coefficient (Wildman–Crippen LogP) is 3.12.